The summed E-state index contributed by atoms with van der Waals surface area (Å²) in [5.41, 5.74) is 5.02. The molecule has 0 aliphatic rings. The summed E-state index contributed by atoms with van der Waals surface area (Å²) in [6, 6.07) is 25.0. The van der Waals surface area contributed by atoms with E-state index in [2.05, 4.69) is 18.7 Å². The molecule has 4 aromatic carbocycles. The van der Waals surface area contributed by atoms with Crippen molar-refractivity contribution in [1.82, 2.24) is 0 Å². The van der Waals surface area contributed by atoms with Crippen LogP contribution < -0.4 is 9.62 Å². The first-order valence-corrected chi connectivity index (χ1v) is 13.0. The van der Waals surface area contributed by atoms with E-state index >= 15 is 0 Å². The molecule has 212 valence electrons. The van der Waals surface area contributed by atoms with Crippen molar-refractivity contribution in [2.45, 2.75) is 46.3 Å². The molecule has 0 bridgehead atoms. The van der Waals surface area contributed by atoms with Crippen molar-refractivity contribution in [2.24, 2.45) is 0 Å². The molecule has 41 heavy (non-hydrogen) atoms. The quantitative estimate of drug-likeness (QED) is 0.0875. The lowest BCUT2D eigenvalue weighted by molar-refractivity contribution is -0.253. The summed E-state index contributed by atoms with van der Waals surface area (Å²) >= 11 is 0. The van der Waals surface area contributed by atoms with Gasteiger partial charge in [0.05, 0.1) is 11.1 Å². The van der Waals surface area contributed by atoms with Crippen LogP contribution >= 0.6 is 0 Å². The van der Waals surface area contributed by atoms with Crippen LogP contribution in [0.2, 0.25) is 0 Å². The number of carboxylic acid groups (broad SMARTS) is 1. The number of ether oxygens (including phenoxy) is 1. The summed E-state index contributed by atoms with van der Waals surface area (Å²) < 4.78 is 5.48. The predicted octanol–water partition coefficient (Wildman–Crippen LogP) is 7.05. The fraction of sp³-hybridized carbons (Fsp3) is 0.212. The van der Waals surface area contributed by atoms with Gasteiger partial charge < -0.3 is 14.7 Å². The number of carbonyl (C=O) groups excluding carboxylic acids is 1. The van der Waals surface area contributed by atoms with E-state index in [1.165, 1.54) is 12.1 Å². The lowest BCUT2D eigenvalue weighted by Gasteiger charge is -2.26. The van der Waals surface area contributed by atoms with Gasteiger partial charge >= 0.3 is 11.9 Å². The van der Waals surface area contributed by atoms with Crippen LogP contribution in [-0.2, 0) is 28.4 Å². The van der Waals surface area contributed by atoms with Crippen LogP contribution in [0.5, 0.6) is 11.5 Å². The van der Waals surface area contributed by atoms with Crippen LogP contribution in [0.1, 0.15) is 67.9 Å². The van der Waals surface area contributed by atoms with Gasteiger partial charge in [-0.1, -0.05) is 73.5 Å². The average molecular weight is 557 g/mol. The van der Waals surface area contributed by atoms with Gasteiger partial charge in [0.15, 0.2) is 5.75 Å². The van der Waals surface area contributed by atoms with Gasteiger partial charge in [0.2, 0.25) is 0 Å². The van der Waals surface area contributed by atoms with Gasteiger partial charge in [0.1, 0.15) is 19.0 Å². The summed E-state index contributed by atoms with van der Waals surface area (Å²) in [5.74, 6) is -1.06. The Morgan fingerprint density at radius 2 is 1.29 bits per heavy atom. The van der Waals surface area contributed by atoms with E-state index in [0.717, 1.165) is 33.4 Å². The van der Waals surface area contributed by atoms with E-state index < -0.39 is 11.9 Å². The molecule has 0 amide bonds. The fourth-order valence-electron chi connectivity index (χ4n) is 4.47. The Morgan fingerprint density at radius 3 is 1.90 bits per heavy atom. The minimum Gasteiger partial charge on any atom is -0.478 e. The maximum Gasteiger partial charge on any atom is 0.344 e. The van der Waals surface area contributed by atoms with E-state index in [-0.39, 0.29) is 29.8 Å². The Balaban J connectivity index is 1.39. The van der Waals surface area contributed by atoms with Crippen molar-refractivity contribution in [1.29, 1.82) is 0 Å². The topological polar surface area (TPSA) is 112 Å². The fourth-order valence-corrected chi connectivity index (χ4v) is 4.47. The van der Waals surface area contributed by atoms with Gasteiger partial charge in [0.25, 0.3) is 0 Å². The lowest BCUT2D eigenvalue weighted by Crippen LogP contribution is -2.19. The van der Waals surface area contributed by atoms with E-state index in [9.17, 15) is 14.7 Å². The van der Waals surface area contributed by atoms with Crippen molar-refractivity contribution in [3.63, 3.8) is 0 Å². The van der Waals surface area contributed by atoms with Crippen LogP contribution in [0.15, 0.2) is 84.9 Å². The molecule has 0 unspecified atom stereocenters. The zero-order chi connectivity index (χ0) is 29.6. The molecule has 0 saturated carbocycles. The maximum atomic E-state index is 12.7. The molecule has 2 N–H and O–H groups in total. The molecule has 0 atom stereocenters. The molecular formula is C33H32O8. The summed E-state index contributed by atoms with van der Waals surface area (Å²) in [7, 11) is 0. The number of aromatic carboxylic acids is 1. The Morgan fingerprint density at radius 1 is 0.707 bits per heavy atom. The zero-order valence-electron chi connectivity index (χ0n) is 23.3. The molecule has 0 fully saturated rings. The highest BCUT2D eigenvalue weighted by molar-refractivity contribution is 6.03. The van der Waals surface area contributed by atoms with E-state index in [0.29, 0.717) is 11.5 Å². The van der Waals surface area contributed by atoms with Crippen molar-refractivity contribution in [3.05, 3.63) is 129 Å². The second kappa shape index (κ2) is 12.8. The molecule has 8 heteroatoms. The van der Waals surface area contributed by atoms with Crippen LogP contribution in [0.4, 0.5) is 0 Å². The molecule has 0 radical (unpaired) electrons. The van der Waals surface area contributed by atoms with Gasteiger partial charge in [-0.05, 0) is 72.5 Å². The first-order chi connectivity index (χ1) is 19.6. The number of carboxylic acids is 1. The first-order valence-electron chi connectivity index (χ1n) is 13.0. The Hall–Kier alpha value is -4.50. The molecule has 0 spiro atoms. The second-order valence-corrected chi connectivity index (χ2v) is 10.3. The van der Waals surface area contributed by atoms with E-state index in [4.69, 9.17) is 19.8 Å². The van der Waals surface area contributed by atoms with Crippen LogP contribution in [0.25, 0.3) is 0 Å². The Kier molecular flexibility index (Phi) is 9.19. The van der Waals surface area contributed by atoms with Crippen LogP contribution in [0, 0.1) is 13.8 Å². The molecule has 4 rings (SSSR count). The normalized spacial score (nSPS) is 11.2. The summed E-state index contributed by atoms with van der Waals surface area (Å²) in [5, 5.41) is 18.2. The standard InChI is InChI=1S/C33H32O8/c1-21-5-7-23(19-38-37)24(17-21)20-39-41-28-14-10-26(11-15-28)33(3,4)25-8-12-27(13-9-25)40-32(36)30-18-22(2)6-16-29(30)31(34)35/h5-18,37H,19-20H2,1-4H3,(H,34,35). The number of esters is 1. The Labute approximate surface area is 238 Å². The molecule has 0 aliphatic carbocycles. The number of carbonyl (C=O) groups is 2. The third kappa shape index (κ3) is 7.18. The molecule has 0 aliphatic heterocycles. The second-order valence-electron chi connectivity index (χ2n) is 10.3. The molecule has 8 nitrogen and oxygen atoms in total. The number of benzene rings is 4. The number of hydrogen-bond acceptors (Lipinski definition) is 7. The smallest absolute Gasteiger partial charge is 0.344 e. The minimum atomic E-state index is -1.19. The summed E-state index contributed by atoms with van der Waals surface area (Å²) in [4.78, 5) is 39.5. The van der Waals surface area contributed by atoms with Crippen molar-refractivity contribution < 1.29 is 39.4 Å². The monoisotopic (exact) mass is 556 g/mol. The third-order valence-electron chi connectivity index (χ3n) is 6.94. The number of rotatable bonds is 11. The maximum absolute atomic E-state index is 12.7. The number of hydrogen-bond donors (Lipinski definition) is 2. The van der Waals surface area contributed by atoms with Crippen molar-refractivity contribution in [2.75, 3.05) is 0 Å². The Bertz CT molecular complexity index is 1520. The third-order valence-corrected chi connectivity index (χ3v) is 6.94. The van der Waals surface area contributed by atoms with Gasteiger partial charge in [0, 0.05) is 5.41 Å². The highest BCUT2D eigenvalue weighted by Gasteiger charge is 2.24. The molecule has 0 saturated heterocycles. The van der Waals surface area contributed by atoms with E-state index in [1.54, 1.807) is 25.1 Å². The van der Waals surface area contributed by atoms with Gasteiger partial charge in [-0.3, -0.25) is 5.26 Å². The zero-order valence-corrected chi connectivity index (χ0v) is 23.3. The summed E-state index contributed by atoms with van der Waals surface area (Å²) in [6.45, 7) is 8.15. The predicted molar refractivity (Wildman–Crippen MR) is 152 cm³/mol. The lowest BCUT2D eigenvalue weighted by atomic mass is 9.78. The molecule has 0 heterocycles. The summed E-state index contributed by atoms with van der Waals surface area (Å²) in [6.07, 6.45) is 0. The van der Waals surface area contributed by atoms with E-state index in [1.807, 2.05) is 61.5 Å². The van der Waals surface area contributed by atoms with Gasteiger partial charge in [-0.25, -0.2) is 14.5 Å². The highest BCUT2D eigenvalue weighted by Crippen LogP contribution is 2.33. The van der Waals surface area contributed by atoms with Gasteiger partial charge in [-0.15, -0.1) is 0 Å². The molecular weight excluding hydrogens is 524 g/mol. The first kappa shape index (κ1) is 29.5. The van der Waals surface area contributed by atoms with Gasteiger partial charge in [-0.2, -0.15) is 4.89 Å². The SMILES string of the molecule is Cc1ccc(COO)c(COOc2ccc(C(C)(C)c3ccc(OC(=O)c4cc(C)ccc4C(=O)O)cc3)cc2)c1. The molecule has 4 aromatic rings. The number of aryl methyl sites for hydroxylation is 2. The van der Waals surface area contributed by atoms with Crippen molar-refractivity contribution in [3.8, 4) is 11.5 Å². The van der Waals surface area contributed by atoms with Crippen LogP contribution in [0.3, 0.4) is 0 Å². The average Bonchev–Trinajstić information content (AvgIpc) is 2.95. The largest absolute Gasteiger partial charge is 0.478 e. The highest BCUT2D eigenvalue weighted by atomic mass is 17.2. The molecule has 0 aromatic heterocycles. The van der Waals surface area contributed by atoms with Crippen molar-refractivity contribution >= 4 is 11.9 Å². The minimum absolute atomic E-state index is 0.00620. The van der Waals surface area contributed by atoms with Crippen LogP contribution in [-0.4, -0.2) is 22.3 Å².